The maximum Gasteiger partial charge on any atom is 0.276 e. The zero-order valence-electron chi connectivity index (χ0n) is 18.2. The van der Waals surface area contributed by atoms with E-state index in [1.165, 1.54) is 24.0 Å². The van der Waals surface area contributed by atoms with E-state index in [2.05, 4.69) is 27.2 Å². The molecule has 0 bridgehead atoms. The number of rotatable bonds is 6. The average molecular weight is 433 g/mol. The van der Waals surface area contributed by atoms with Crippen LogP contribution in [0.4, 0.5) is 0 Å². The van der Waals surface area contributed by atoms with Crippen LogP contribution in [0.2, 0.25) is 0 Å². The molecule has 0 unspecified atom stereocenters. The number of hydrogen-bond donors (Lipinski definition) is 0. The van der Waals surface area contributed by atoms with Gasteiger partial charge in [-0.05, 0) is 61.1 Å². The summed E-state index contributed by atoms with van der Waals surface area (Å²) in [4.78, 5) is 21.4. The van der Waals surface area contributed by atoms with Crippen LogP contribution in [0.25, 0.3) is 0 Å². The Labute approximate surface area is 188 Å². The molecule has 32 heavy (non-hydrogen) atoms. The summed E-state index contributed by atoms with van der Waals surface area (Å²) in [6.45, 7) is 4.02. The van der Waals surface area contributed by atoms with Gasteiger partial charge < -0.3 is 14.2 Å². The summed E-state index contributed by atoms with van der Waals surface area (Å²) in [5.74, 6) is 1.30. The van der Waals surface area contributed by atoms with Gasteiger partial charge in [-0.2, -0.15) is 0 Å². The van der Waals surface area contributed by atoms with Crippen molar-refractivity contribution in [1.82, 2.24) is 19.9 Å². The molecule has 1 saturated heterocycles. The first-order chi connectivity index (χ1) is 15.7. The summed E-state index contributed by atoms with van der Waals surface area (Å²) in [7, 11) is 0. The van der Waals surface area contributed by atoms with Gasteiger partial charge in [0.15, 0.2) is 11.5 Å². The van der Waals surface area contributed by atoms with Gasteiger partial charge in [-0.15, -0.1) is 0 Å². The van der Waals surface area contributed by atoms with E-state index >= 15 is 0 Å². The van der Waals surface area contributed by atoms with Gasteiger partial charge in [0.25, 0.3) is 5.91 Å². The Hall–Kier alpha value is -3.19. The van der Waals surface area contributed by atoms with Gasteiger partial charge in [0.2, 0.25) is 0 Å². The van der Waals surface area contributed by atoms with Crippen LogP contribution in [-0.2, 0) is 26.0 Å². The molecule has 0 spiro atoms. The Morgan fingerprint density at radius 1 is 1.00 bits per heavy atom. The molecule has 1 aliphatic carbocycles. The average Bonchev–Trinajstić information content (AvgIpc) is 3.32. The smallest absolute Gasteiger partial charge is 0.276 e. The number of carbonyl (C=O) groups excluding carboxylic acids is 1. The molecular weight excluding hydrogens is 404 g/mol. The standard InChI is InChI=1S/C25H28N4O3/c30-25(29-13-11-28(12-14-29)17-21-7-3-4-10-26-21)24-16-23(32-27-24)18-31-22-9-8-19-5-1-2-6-20(19)15-22/h3-4,7-10,15-16H,1-2,5-6,11-14,17-18H2. The Kier molecular flexibility index (Phi) is 6.16. The van der Waals surface area contributed by atoms with Crippen LogP contribution in [-0.4, -0.2) is 52.0 Å². The number of ether oxygens (including phenoxy) is 1. The molecule has 2 aliphatic rings. The number of aromatic nitrogens is 2. The van der Waals surface area contributed by atoms with E-state index in [4.69, 9.17) is 9.26 Å². The minimum Gasteiger partial charge on any atom is -0.486 e. The number of hydrogen-bond acceptors (Lipinski definition) is 6. The highest BCUT2D eigenvalue weighted by molar-refractivity contribution is 5.92. The van der Waals surface area contributed by atoms with Crippen molar-refractivity contribution in [2.75, 3.05) is 26.2 Å². The molecule has 0 saturated carbocycles. The first kappa shape index (κ1) is 20.7. The first-order valence-corrected chi connectivity index (χ1v) is 11.4. The van der Waals surface area contributed by atoms with E-state index in [1.807, 2.05) is 35.4 Å². The lowest BCUT2D eigenvalue weighted by molar-refractivity contribution is 0.0617. The fraction of sp³-hybridized carbons (Fsp3) is 0.400. The monoisotopic (exact) mass is 432 g/mol. The van der Waals surface area contributed by atoms with Crippen molar-refractivity contribution in [3.63, 3.8) is 0 Å². The Morgan fingerprint density at radius 2 is 1.84 bits per heavy atom. The fourth-order valence-electron chi connectivity index (χ4n) is 4.43. The third-order valence-corrected chi connectivity index (χ3v) is 6.25. The van der Waals surface area contributed by atoms with Crippen LogP contribution in [0.3, 0.4) is 0 Å². The second-order valence-electron chi connectivity index (χ2n) is 8.49. The quantitative estimate of drug-likeness (QED) is 0.594. The largest absolute Gasteiger partial charge is 0.486 e. The van der Waals surface area contributed by atoms with E-state index < -0.39 is 0 Å². The molecule has 0 radical (unpaired) electrons. The molecule has 166 valence electrons. The minimum atomic E-state index is -0.0914. The molecule has 5 rings (SSSR count). The molecule has 3 heterocycles. The number of carbonyl (C=O) groups is 1. The Morgan fingerprint density at radius 3 is 2.66 bits per heavy atom. The highest BCUT2D eigenvalue weighted by Gasteiger charge is 2.25. The zero-order chi connectivity index (χ0) is 21.8. The summed E-state index contributed by atoms with van der Waals surface area (Å²) in [6.07, 6.45) is 6.58. The van der Waals surface area contributed by atoms with Gasteiger partial charge in [-0.25, -0.2) is 0 Å². The molecule has 0 atom stereocenters. The summed E-state index contributed by atoms with van der Waals surface area (Å²) in [6, 6.07) is 13.9. The maximum atomic E-state index is 12.8. The van der Waals surface area contributed by atoms with Gasteiger partial charge in [0, 0.05) is 45.0 Å². The van der Waals surface area contributed by atoms with Gasteiger partial charge in [-0.1, -0.05) is 17.3 Å². The van der Waals surface area contributed by atoms with Crippen molar-refractivity contribution in [3.8, 4) is 5.75 Å². The maximum absolute atomic E-state index is 12.8. The molecule has 3 aromatic rings. The molecule has 1 aromatic carbocycles. The minimum absolute atomic E-state index is 0.0914. The molecule has 1 aliphatic heterocycles. The van der Waals surface area contributed by atoms with Crippen LogP contribution in [0.1, 0.15) is 45.9 Å². The van der Waals surface area contributed by atoms with Crippen molar-refractivity contribution in [2.45, 2.75) is 38.8 Å². The summed E-state index contributed by atoms with van der Waals surface area (Å²) in [5.41, 5.74) is 4.19. The molecule has 7 nitrogen and oxygen atoms in total. The SMILES string of the molecule is O=C(c1cc(COc2ccc3c(c2)CCCC3)on1)N1CCN(Cc2ccccn2)CC1. The van der Waals surface area contributed by atoms with Gasteiger partial charge in [0.1, 0.15) is 12.4 Å². The van der Waals surface area contributed by atoms with Crippen molar-refractivity contribution in [2.24, 2.45) is 0 Å². The summed E-state index contributed by atoms with van der Waals surface area (Å²) < 4.78 is 11.3. The number of fused-ring (bicyclic) bond motifs is 1. The molecule has 7 heteroatoms. The van der Waals surface area contributed by atoms with Crippen molar-refractivity contribution >= 4 is 5.91 Å². The lowest BCUT2D eigenvalue weighted by Crippen LogP contribution is -2.48. The predicted molar refractivity (Wildman–Crippen MR) is 119 cm³/mol. The molecule has 0 N–H and O–H groups in total. The van der Waals surface area contributed by atoms with Crippen LogP contribution >= 0.6 is 0 Å². The number of amides is 1. The van der Waals surface area contributed by atoms with E-state index in [1.54, 1.807) is 6.07 Å². The lowest BCUT2D eigenvalue weighted by atomic mass is 9.92. The van der Waals surface area contributed by atoms with Gasteiger partial charge in [0.05, 0.1) is 5.69 Å². The number of aryl methyl sites for hydroxylation is 2. The van der Waals surface area contributed by atoms with E-state index in [9.17, 15) is 4.79 Å². The van der Waals surface area contributed by atoms with Crippen molar-refractivity contribution in [1.29, 1.82) is 0 Å². The predicted octanol–water partition coefficient (Wildman–Crippen LogP) is 3.49. The molecular formula is C25H28N4O3. The van der Waals surface area contributed by atoms with E-state index in [-0.39, 0.29) is 12.5 Å². The fourth-order valence-corrected chi connectivity index (χ4v) is 4.43. The molecule has 1 amide bonds. The van der Waals surface area contributed by atoms with Gasteiger partial charge >= 0.3 is 0 Å². The topological polar surface area (TPSA) is 71.7 Å². The van der Waals surface area contributed by atoms with Crippen LogP contribution in [0, 0.1) is 0 Å². The summed E-state index contributed by atoms with van der Waals surface area (Å²) in [5, 5.41) is 3.99. The van der Waals surface area contributed by atoms with E-state index in [0.29, 0.717) is 24.5 Å². The third-order valence-electron chi connectivity index (χ3n) is 6.25. The normalized spacial score (nSPS) is 16.6. The highest BCUT2D eigenvalue weighted by atomic mass is 16.5. The molecule has 2 aromatic heterocycles. The van der Waals surface area contributed by atoms with Crippen LogP contribution in [0.5, 0.6) is 5.75 Å². The number of benzene rings is 1. The Bertz CT molecular complexity index is 1060. The van der Waals surface area contributed by atoms with Crippen molar-refractivity contribution in [3.05, 3.63) is 76.9 Å². The van der Waals surface area contributed by atoms with Crippen LogP contribution in [0.15, 0.2) is 53.2 Å². The van der Waals surface area contributed by atoms with Gasteiger partial charge in [-0.3, -0.25) is 14.7 Å². The Balaban J connectivity index is 1.12. The number of pyridine rings is 1. The number of piperazine rings is 1. The van der Waals surface area contributed by atoms with Crippen molar-refractivity contribution < 1.29 is 14.1 Å². The second-order valence-corrected chi connectivity index (χ2v) is 8.49. The lowest BCUT2D eigenvalue weighted by Gasteiger charge is -2.34. The third kappa shape index (κ3) is 4.83. The van der Waals surface area contributed by atoms with Crippen LogP contribution < -0.4 is 4.74 Å². The zero-order valence-corrected chi connectivity index (χ0v) is 18.2. The molecule has 1 fully saturated rings. The highest BCUT2D eigenvalue weighted by Crippen LogP contribution is 2.26. The summed E-state index contributed by atoms with van der Waals surface area (Å²) >= 11 is 0. The van der Waals surface area contributed by atoms with E-state index in [0.717, 1.165) is 43.9 Å². The first-order valence-electron chi connectivity index (χ1n) is 11.4. The number of nitrogens with zero attached hydrogens (tertiary/aromatic N) is 4. The second kappa shape index (κ2) is 9.53.